The van der Waals surface area contributed by atoms with Crippen LogP contribution in [0, 0.1) is 11.3 Å². The van der Waals surface area contributed by atoms with E-state index in [1.54, 1.807) is 11.1 Å². The first-order valence-corrected chi connectivity index (χ1v) is 14.6. The SMILES string of the molecule is N#CC[C@]1(n2cc(-c3ncnc4[nH]ccc34)cn2)C[C@H](N2CCN(C(=O)c3cc(CN4CCC4)nc(C(F)(F)F)n3)CC2)C1. The molecule has 1 saturated carbocycles. The summed E-state index contributed by atoms with van der Waals surface area (Å²) < 4.78 is 42.5. The second-order valence-electron chi connectivity index (χ2n) is 11.8. The predicted molar refractivity (Wildman–Crippen MR) is 151 cm³/mol. The monoisotopic (exact) mass is 605 g/mol. The van der Waals surface area contributed by atoms with Gasteiger partial charge < -0.3 is 9.88 Å². The lowest BCUT2D eigenvalue weighted by molar-refractivity contribution is -0.145. The van der Waals surface area contributed by atoms with Gasteiger partial charge in [0.1, 0.15) is 17.7 Å². The zero-order valence-electron chi connectivity index (χ0n) is 23.8. The number of carbonyl (C=O) groups excluding carboxylic acids is 1. The highest BCUT2D eigenvalue weighted by Gasteiger charge is 2.49. The highest BCUT2D eigenvalue weighted by Crippen LogP contribution is 2.45. The molecule has 2 aliphatic heterocycles. The minimum Gasteiger partial charge on any atom is -0.346 e. The fourth-order valence-corrected chi connectivity index (χ4v) is 6.48. The number of halogens is 3. The summed E-state index contributed by atoms with van der Waals surface area (Å²) in [5.41, 5.74) is 1.89. The Morgan fingerprint density at radius 1 is 1.11 bits per heavy atom. The van der Waals surface area contributed by atoms with Crippen molar-refractivity contribution in [1.82, 2.24) is 49.4 Å². The molecule has 0 aromatic carbocycles. The van der Waals surface area contributed by atoms with Gasteiger partial charge in [-0.05, 0) is 44.5 Å². The van der Waals surface area contributed by atoms with Gasteiger partial charge in [0.15, 0.2) is 0 Å². The summed E-state index contributed by atoms with van der Waals surface area (Å²) in [6.07, 6.45) is 5.03. The van der Waals surface area contributed by atoms with Crippen molar-refractivity contribution in [1.29, 1.82) is 5.26 Å². The van der Waals surface area contributed by atoms with E-state index in [9.17, 15) is 23.2 Å². The highest BCUT2D eigenvalue weighted by atomic mass is 19.4. The van der Waals surface area contributed by atoms with Crippen molar-refractivity contribution in [2.45, 2.75) is 50.0 Å². The molecule has 7 rings (SSSR count). The van der Waals surface area contributed by atoms with Gasteiger partial charge >= 0.3 is 6.18 Å². The van der Waals surface area contributed by atoms with Crippen LogP contribution in [0.2, 0.25) is 0 Å². The highest BCUT2D eigenvalue weighted by molar-refractivity contribution is 5.92. The summed E-state index contributed by atoms with van der Waals surface area (Å²) in [5, 5.41) is 15.2. The zero-order chi connectivity index (χ0) is 30.5. The molecule has 6 heterocycles. The Labute approximate surface area is 250 Å². The first kappa shape index (κ1) is 28.4. The largest absolute Gasteiger partial charge is 0.451 e. The molecule has 0 spiro atoms. The number of nitriles is 1. The van der Waals surface area contributed by atoms with Gasteiger partial charge in [-0.1, -0.05) is 0 Å². The third-order valence-corrected chi connectivity index (χ3v) is 9.04. The van der Waals surface area contributed by atoms with Crippen molar-refractivity contribution >= 4 is 16.9 Å². The molecule has 1 amide bonds. The lowest BCUT2D eigenvalue weighted by atomic mass is 9.70. The molecular formula is C29H30F3N11O. The first-order chi connectivity index (χ1) is 21.2. The second kappa shape index (κ2) is 10.9. The molecule has 3 fully saturated rings. The molecule has 1 N–H and O–H groups in total. The van der Waals surface area contributed by atoms with Crippen molar-refractivity contribution in [2.75, 3.05) is 39.3 Å². The summed E-state index contributed by atoms with van der Waals surface area (Å²) in [6.45, 7) is 3.77. The molecule has 12 nitrogen and oxygen atoms in total. The van der Waals surface area contributed by atoms with E-state index in [1.165, 1.54) is 12.4 Å². The molecule has 3 aliphatic rings. The predicted octanol–water partition coefficient (Wildman–Crippen LogP) is 3.07. The van der Waals surface area contributed by atoms with Crippen molar-refractivity contribution in [2.24, 2.45) is 0 Å². The fourth-order valence-electron chi connectivity index (χ4n) is 6.48. The maximum absolute atomic E-state index is 13.5. The van der Waals surface area contributed by atoms with Gasteiger partial charge in [-0.2, -0.15) is 23.5 Å². The number of piperazine rings is 1. The maximum Gasteiger partial charge on any atom is 0.451 e. The Morgan fingerprint density at radius 2 is 1.91 bits per heavy atom. The summed E-state index contributed by atoms with van der Waals surface area (Å²) in [6, 6.07) is 5.84. The van der Waals surface area contributed by atoms with Gasteiger partial charge in [-0.3, -0.25) is 19.3 Å². The van der Waals surface area contributed by atoms with Gasteiger partial charge in [0.05, 0.1) is 35.6 Å². The van der Waals surface area contributed by atoms with Crippen LogP contribution in [0.4, 0.5) is 13.2 Å². The zero-order valence-corrected chi connectivity index (χ0v) is 23.8. The van der Waals surface area contributed by atoms with Gasteiger partial charge in [0, 0.05) is 62.1 Å². The third kappa shape index (κ3) is 5.17. The molecule has 4 aromatic heterocycles. The average Bonchev–Trinajstić information content (AvgIpc) is 3.66. The standard InChI is InChI=1S/C29H30F3N11O/c30-29(31,32)27-38-20(17-40-6-1-7-40)12-23(39-27)26(44)42-10-8-41(9-11-42)21-13-28(14-21,3-4-33)43-16-19(15-37-43)24-22-2-5-34-25(22)36-18-35-24/h2,5,12,15-16,18,21H,1,3,6-11,13-14,17H2,(H,34,35,36)/t21-,28-. The number of fused-ring (bicyclic) bond motifs is 1. The maximum atomic E-state index is 13.5. The molecule has 228 valence electrons. The van der Waals surface area contributed by atoms with Crippen LogP contribution in [0.3, 0.4) is 0 Å². The number of carbonyl (C=O) groups is 1. The molecular weight excluding hydrogens is 575 g/mol. The number of nitrogens with zero attached hydrogens (tertiary/aromatic N) is 10. The molecule has 2 saturated heterocycles. The Hall–Kier alpha value is -4.42. The van der Waals surface area contributed by atoms with Gasteiger partial charge in [-0.15, -0.1) is 0 Å². The lowest BCUT2D eigenvalue weighted by Crippen LogP contribution is -2.60. The molecule has 4 aromatic rings. The summed E-state index contributed by atoms with van der Waals surface area (Å²) in [7, 11) is 0. The number of amides is 1. The van der Waals surface area contributed by atoms with Crippen LogP contribution >= 0.6 is 0 Å². The Kier molecular flexibility index (Phi) is 7.05. The van der Waals surface area contributed by atoms with Crippen molar-refractivity contribution in [3.05, 3.63) is 54.3 Å². The van der Waals surface area contributed by atoms with E-state index in [0.29, 0.717) is 32.6 Å². The minimum absolute atomic E-state index is 0.197. The molecule has 44 heavy (non-hydrogen) atoms. The molecule has 0 unspecified atom stereocenters. The van der Waals surface area contributed by atoms with Crippen LogP contribution in [-0.2, 0) is 18.3 Å². The number of rotatable bonds is 7. The van der Waals surface area contributed by atoms with Gasteiger partial charge in [0.2, 0.25) is 5.82 Å². The quantitative estimate of drug-likeness (QED) is 0.337. The number of hydrogen-bond acceptors (Lipinski definition) is 9. The number of alkyl halides is 3. The average molecular weight is 606 g/mol. The van der Waals surface area contributed by atoms with Gasteiger partial charge in [-0.25, -0.2) is 19.9 Å². The number of nitrogens with one attached hydrogen (secondary N) is 1. The normalized spacial score (nSPS) is 22.9. The van der Waals surface area contributed by atoms with Crippen LogP contribution < -0.4 is 0 Å². The molecule has 1 aliphatic carbocycles. The minimum atomic E-state index is -4.74. The van der Waals surface area contributed by atoms with Crippen LogP contribution in [0.1, 0.15) is 47.7 Å². The van der Waals surface area contributed by atoms with E-state index in [-0.39, 0.29) is 24.0 Å². The number of aromatic amines is 1. The molecule has 0 bridgehead atoms. The number of aromatic nitrogens is 7. The number of hydrogen-bond donors (Lipinski definition) is 1. The number of likely N-dealkylation sites (tertiary alicyclic amines) is 1. The van der Waals surface area contributed by atoms with Crippen LogP contribution in [0.15, 0.2) is 37.1 Å². The van der Waals surface area contributed by atoms with E-state index in [4.69, 9.17) is 0 Å². The molecule has 0 radical (unpaired) electrons. The van der Waals surface area contributed by atoms with E-state index in [1.807, 2.05) is 28.0 Å². The van der Waals surface area contributed by atoms with Gasteiger partial charge in [0.25, 0.3) is 5.91 Å². The van der Waals surface area contributed by atoms with E-state index >= 15 is 0 Å². The van der Waals surface area contributed by atoms with Crippen molar-refractivity contribution < 1.29 is 18.0 Å². The summed E-state index contributed by atoms with van der Waals surface area (Å²) in [5.74, 6) is -1.79. The van der Waals surface area contributed by atoms with Crippen molar-refractivity contribution in [3.8, 4) is 17.3 Å². The van der Waals surface area contributed by atoms with Crippen LogP contribution in [0.25, 0.3) is 22.3 Å². The number of H-pyrrole nitrogens is 1. The van der Waals surface area contributed by atoms with E-state index < -0.39 is 23.4 Å². The van der Waals surface area contributed by atoms with Crippen molar-refractivity contribution in [3.63, 3.8) is 0 Å². The molecule has 15 heteroatoms. The summed E-state index contributed by atoms with van der Waals surface area (Å²) in [4.78, 5) is 38.2. The Bertz CT molecular complexity index is 1720. The molecule has 0 atom stereocenters. The van der Waals surface area contributed by atoms with E-state index in [2.05, 4.69) is 41.0 Å². The third-order valence-electron chi connectivity index (χ3n) is 9.04. The topological polar surface area (TPSA) is 136 Å². The Balaban J connectivity index is 1.01. The Morgan fingerprint density at radius 3 is 2.61 bits per heavy atom. The fraction of sp³-hybridized carbons (Fsp3) is 0.483. The first-order valence-electron chi connectivity index (χ1n) is 14.6. The second-order valence-corrected chi connectivity index (χ2v) is 11.8. The van der Waals surface area contributed by atoms with Crippen LogP contribution in [-0.4, -0.2) is 101 Å². The van der Waals surface area contributed by atoms with Crippen LogP contribution in [0.5, 0.6) is 0 Å². The lowest BCUT2D eigenvalue weighted by Gasteiger charge is -2.52. The summed E-state index contributed by atoms with van der Waals surface area (Å²) >= 11 is 0. The smallest absolute Gasteiger partial charge is 0.346 e. The van der Waals surface area contributed by atoms with E-state index in [0.717, 1.165) is 54.6 Å².